The van der Waals surface area contributed by atoms with Crippen LogP contribution < -0.4 is 15.4 Å². The highest BCUT2D eigenvalue weighted by Crippen LogP contribution is 2.33. The summed E-state index contributed by atoms with van der Waals surface area (Å²) in [6.07, 6.45) is 1.36. The summed E-state index contributed by atoms with van der Waals surface area (Å²) in [6.45, 7) is 1.58. The Morgan fingerprint density at radius 2 is 2.00 bits per heavy atom. The number of hydrogen-bond acceptors (Lipinski definition) is 7. The van der Waals surface area contributed by atoms with Crippen LogP contribution in [0.15, 0.2) is 47.0 Å². The number of nitrogens with zero attached hydrogens (tertiary/aromatic N) is 2. The maximum atomic E-state index is 14.4. The first kappa shape index (κ1) is 22.4. The average molecular weight is 454 g/mol. The molecule has 3 aromatic rings. The summed E-state index contributed by atoms with van der Waals surface area (Å²) >= 11 is 0. The van der Waals surface area contributed by atoms with Crippen molar-refractivity contribution in [3.8, 4) is 17.2 Å². The van der Waals surface area contributed by atoms with Gasteiger partial charge < -0.3 is 25.0 Å². The lowest BCUT2D eigenvalue weighted by Crippen LogP contribution is -2.31. The fourth-order valence-corrected chi connectivity index (χ4v) is 3.14. The van der Waals surface area contributed by atoms with Crippen molar-refractivity contribution in [2.45, 2.75) is 25.9 Å². The first-order chi connectivity index (χ1) is 15.9. The Morgan fingerprint density at radius 3 is 2.67 bits per heavy atom. The lowest BCUT2D eigenvalue weighted by Gasteiger charge is -2.11. The first-order valence-electron chi connectivity index (χ1n) is 10.5. The van der Waals surface area contributed by atoms with Crippen LogP contribution in [0.4, 0.5) is 14.9 Å². The van der Waals surface area contributed by atoms with Gasteiger partial charge in [0.05, 0.1) is 12.3 Å². The third kappa shape index (κ3) is 5.53. The quantitative estimate of drug-likeness (QED) is 0.421. The number of ketones is 1. The molecule has 4 rings (SSSR count). The number of urea groups is 1. The molecule has 10 heteroatoms. The van der Waals surface area contributed by atoms with Gasteiger partial charge in [0.25, 0.3) is 5.89 Å². The van der Waals surface area contributed by atoms with Gasteiger partial charge in [-0.25, -0.2) is 9.18 Å². The summed E-state index contributed by atoms with van der Waals surface area (Å²) in [4.78, 5) is 28.0. The van der Waals surface area contributed by atoms with E-state index in [0.29, 0.717) is 16.9 Å². The predicted octanol–water partition coefficient (Wildman–Crippen LogP) is 3.72. The van der Waals surface area contributed by atoms with Crippen LogP contribution in [0.2, 0.25) is 0 Å². The van der Waals surface area contributed by atoms with Gasteiger partial charge in [0.15, 0.2) is 11.9 Å². The summed E-state index contributed by atoms with van der Waals surface area (Å²) in [5.74, 6) is 0.567. The lowest BCUT2D eigenvalue weighted by atomic mass is 10.1. The number of aliphatic hydroxyl groups is 1. The molecule has 1 aromatic heterocycles. The molecule has 1 fully saturated rings. The highest BCUT2D eigenvalue weighted by molar-refractivity contribution is 5.99. The van der Waals surface area contributed by atoms with Crippen molar-refractivity contribution in [2.24, 2.45) is 5.92 Å². The third-order valence-corrected chi connectivity index (χ3v) is 5.07. The third-order valence-electron chi connectivity index (χ3n) is 5.07. The van der Waals surface area contributed by atoms with E-state index in [1.54, 1.807) is 31.2 Å². The van der Waals surface area contributed by atoms with Crippen LogP contribution in [0, 0.1) is 11.7 Å². The number of aliphatic hydroxyl groups excluding tert-OH is 1. The second-order valence-electron chi connectivity index (χ2n) is 7.68. The van der Waals surface area contributed by atoms with E-state index in [0.717, 1.165) is 12.8 Å². The Labute approximate surface area is 189 Å². The van der Waals surface area contributed by atoms with Crippen molar-refractivity contribution in [3.63, 3.8) is 0 Å². The van der Waals surface area contributed by atoms with Gasteiger partial charge in [-0.05, 0) is 62.2 Å². The highest BCUT2D eigenvalue weighted by Gasteiger charge is 2.30. The molecule has 0 bridgehead atoms. The van der Waals surface area contributed by atoms with Crippen molar-refractivity contribution in [3.05, 3.63) is 59.7 Å². The molecule has 2 aromatic carbocycles. The van der Waals surface area contributed by atoms with E-state index in [9.17, 15) is 14.0 Å². The second kappa shape index (κ2) is 9.78. The molecule has 1 saturated carbocycles. The predicted molar refractivity (Wildman–Crippen MR) is 116 cm³/mol. The van der Waals surface area contributed by atoms with Gasteiger partial charge in [-0.15, -0.1) is 0 Å². The normalized spacial score (nSPS) is 13.9. The molecule has 0 radical (unpaired) electrons. The molecule has 1 unspecified atom stereocenters. The van der Waals surface area contributed by atoms with Gasteiger partial charge in [-0.3, -0.25) is 4.79 Å². The smallest absolute Gasteiger partial charge is 0.319 e. The molecular weight excluding hydrogens is 431 g/mol. The summed E-state index contributed by atoms with van der Waals surface area (Å²) < 4.78 is 25.5. The van der Waals surface area contributed by atoms with Gasteiger partial charge in [0, 0.05) is 23.6 Å². The average Bonchev–Trinajstić information content (AvgIpc) is 3.55. The molecular formula is C23H23FN4O5. The molecule has 2 amide bonds. The number of rotatable bonds is 9. The maximum Gasteiger partial charge on any atom is 0.319 e. The van der Waals surface area contributed by atoms with E-state index in [2.05, 4.69) is 20.8 Å². The highest BCUT2D eigenvalue weighted by atomic mass is 19.1. The first-order valence-corrected chi connectivity index (χ1v) is 10.5. The van der Waals surface area contributed by atoms with Crippen LogP contribution in [0.25, 0.3) is 11.5 Å². The van der Waals surface area contributed by atoms with Crippen LogP contribution in [0.1, 0.15) is 42.1 Å². The summed E-state index contributed by atoms with van der Waals surface area (Å²) in [7, 11) is 0. The van der Waals surface area contributed by atoms with Crippen molar-refractivity contribution in [1.82, 2.24) is 15.5 Å². The Balaban J connectivity index is 1.39. The van der Waals surface area contributed by atoms with E-state index in [1.165, 1.54) is 18.2 Å². The minimum absolute atomic E-state index is 0.0331. The van der Waals surface area contributed by atoms with E-state index in [1.807, 2.05) is 0 Å². The zero-order valence-electron chi connectivity index (χ0n) is 17.9. The van der Waals surface area contributed by atoms with E-state index >= 15 is 0 Å². The number of aromatic nitrogens is 2. The largest absolute Gasteiger partial charge is 0.483 e. The Bertz CT molecular complexity index is 1140. The van der Waals surface area contributed by atoms with Crippen LogP contribution >= 0.6 is 0 Å². The molecule has 1 heterocycles. The van der Waals surface area contributed by atoms with Crippen molar-refractivity contribution in [2.75, 3.05) is 18.5 Å². The standard InChI is InChI=1S/C23H23FN4O5/c1-13(32-17-7-4-15(5-8-17)20(30)14-2-3-14)21-27-22(33-28-21)16-6-9-19(18(24)12-16)26-23(31)25-10-11-29/h4-9,12-14,29H,2-3,10-11H2,1H3,(H2,25,26,31). The monoisotopic (exact) mass is 454 g/mol. The van der Waals surface area contributed by atoms with Gasteiger partial charge >= 0.3 is 6.03 Å². The van der Waals surface area contributed by atoms with Gasteiger partial charge in [-0.1, -0.05) is 5.16 Å². The number of Topliss-reactive ketones (excluding diaryl/α,β-unsaturated/α-hetero) is 1. The van der Waals surface area contributed by atoms with Crippen LogP contribution in [-0.2, 0) is 0 Å². The summed E-state index contributed by atoms with van der Waals surface area (Å²) in [5, 5.41) is 17.3. The Hall–Kier alpha value is -3.79. The van der Waals surface area contributed by atoms with Gasteiger partial charge in [0.1, 0.15) is 11.6 Å². The lowest BCUT2D eigenvalue weighted by molar-refractivity contribution is 0.0967. The number of halogens is 1. The maximum absolute atomic E-state index is 14.4. The fourth-order valence-electron chi connectivity index (χ4n) is 3.14. The molecule has 0 saturated heterocycles. The molecule has 1 aliphatic rings. The SMILES string of the molecule is CC(Oc1ccc(C(=O)C2CC2)cc1)c1noc(-c2ccc(NC(=O)NCCO)c(F)c2)n1. The van der Waals surface area contributed by atoms with Gasteiger partial charge in [-0.2, -0.15) is 4.98 Å². The molecule has 1 aliphatic carbocycles. The summed E-state index contributed by atoms with van der Waals surface area (Å²) in [6, 6.07) is 10.4. The zero-order valence-corrected chi connectivity index (χ0v) is 17.9. The van der Waals surface area contributed by atoms with Crippen LogP contribution in [0.5, 0.6) is 5.75 Å². The van der Waals surface area contributed by atoms with E-state index in [4.69, 9.17) is 14.4 Å². The Morgan fingerprint density at radius 1 is 1.24 bits per heavy atom. The van der Waals surface area contributed by atoms with Crippen LogP contribution in [0.3, 0.4) is 0 Å². The van der Waals surface area contributed by atoms with Crippen LogP contribution in [-0.4, -0.2) is 40.2 Å². The number of ether oxygens (including phenoxy) is 1. The number of carbonyl (C=O) groups is 2. The molecule has 3 N–H and O–H groups in total. The van der Waals surface area contributed by atoms with E-state index < -0.39 is 18.0 Å². The van der Waals surface area contributed by atoms with Crippen molar-refractivity contribution in [1.29, 1.82) is 0 Å². The number of carbonyl (C=O) groups excluding carboxylic acids is 2. The number of hydrogen-bond donors (Lipinski definition) is 3. The number of nitrogens with one attached hydrogen (secondary N) is 2. The molecule has 9 nitrogen and oxygen atoms in total. The molecule has 1 atom stereocenters. The number of anilines is 1. The minimum atomic E-state index is -0.684. The molecule has 172 valence electrons. The van der Waals surface area contributed by atoms with Crippen molar-refractivity contribution < 1.29 is 28.3 Å². The topological polar surface area (TPSA) is 127 Å². The summed E-state index contributed by atoms with van der Waals surface area (Å²) in [5.41, 5.74) is 0.974. The fraction of sp³-hybridized carbons (Fsp3) is 0.304. The molecule has 0 spiro atoms. The number of benzene rings is 2. The second-order valence-corrected chi connectivity index (χ2v) is 7.68. The van der Waals surface area contributed by atoms with E-state index in [-0.39, 0.29) is 42.3 Å². The van der Waals surface area contributed by atoms with Crippen molar-refractivity contribution >= 4 is 17.5 Å². The minimum Gasteiger partial charge on any atom is -0.483 e. The Kier molecular flexibility index (Phi) is 6.64. The number of amides is 2. The molecule has 33 heavy (non-hydrogen) atoms. The zero-order chi connectivity index (χ0) is 23.4. The molecule has 0 aliphatic heterocycles. The van der Waals surface area contributed by atoms with Gasteiger partial charge in [0.2, 0.25) is 5.82 Å².